The number of aromatic amines is 1. The van der Waals surface area contributed by atoms with Gasteiger partial charge in [0, 0.05) is 28.0 Å². The second kappa shape index (κ2) is 8.13. The lowest BCUT2D eigenvalue weighted by atomic mass is 10.2. The molecule has 3 aromatic carbocycles. The zero-order valence-electron chi connectivity index (χ0n) is 15.8. The fourth-order valence-electron chi connectivity index (χ4n) is 3.25. The van der Waals surface area contributed by atoms with Crippen molar-refractivity contribution < 1.29 is 22.0 Å². The Balaban J connectivity index is 1.81. The molecule has 158 valence electrons. The van der Waals surface area contributed by atoms with Crippen LogP contribution in [0.1, 0.15) is 16.1 Å². The van der Waals surface area contributed by atoms with Gasteiger partial charge in [0.25, 0.3) is 5.91 Å². The van der Waals surface area contributed by atoms with Crippen molar-refractivity contribution in [3.8, 4) is 0 Å². The SMILES string of the molecule is O=C(NCc1c(F)cccc1F)c1[nH]c2ccc(Cl)cc2c1S(=O)(=O)c1ccccc1. The number of hydrogen-bond acceptors (Lipinski definition) is 3. The first-order valence-electron chi connectivity index (χ1n) is 9.11. The molecule has 4 rings (SSSR count). The molecule has 9 heteroatoms. The summed E-state index contributed by atoms with van der Waals surface area (Å²) in [6.45, 7) is -0.460. The minimum absolute atomic E-state index is 0.00919. The van der Waals surface area contributed by atoms with Gasteiger partial charge in [-0.2, -0.15) is 0 Å². The third-order valence-electron chi connectivity index (χ3n) is 4.75. The first kappa shape index (κ1) is 21.0. The summed E-state index contributed by atoms with van der Waals surface area (Å²) in [5.41, 5.74) is -0.207. The van der Waals surface area contributed by atoms with Crippen LogP contribution in [0.3, 0.4) is 0 Å². The van der Waals surface area contributed by atoms with Crippen molar-refractivity contribution in [2.24, 2.45) is 0 Å². The number of fused-ring (bicyclic) bond motifs is 1. The molecule has 0 aliphatic rings. The lowest BCUT2D eigenvalue weighted by Crippen LogP contribution is -2.26. The van der Waals surface area contributed by atoms with Crippen molar-refractivity contribution >= 4 is 38.2 Å². The lowest BCUT2D eigenvalue weighted by molar-refractivity contribution is 0.0943. The average molecular weight is 461 g/mol. The normalized spacial score (nSPS) is 11.6. The number of amides is 1. The van der Waals surface area contributed by atoms with Crippen molar-refractivity contribution in [2.45, 2.75) is 16.3 Å². The Morgan fingerprint density at radius 3 is 2.32 bits per heavy atom. The minimum atomic E-state index is -4.11. The Morgan fingerprint density at radius 2 is 1.65 bits per heavy atom. The van der Waals surface area contributed by atoms with Crippen molar-refractivity contribution in [2.75, 3.05) is 0 Å². The highest BCUT2D eigenvalue weighted by Gasteiger charge is 2.29. The van der Waals surface area contributed by atoms with Gasteiger partial charge in [-0.15, -0.1) is 0 Å². The Bertz CT molecular complexity index is 1380. The molecule has 4 aromatic rings. The molecule has 0 aliphatic heterocycles. The fourth-order valence-corrected chi connectivity index (χ4v) is 5.05. The summed E-state index contributed by atoms with van der Waals surface area (Å²) in [6, 6.07) is 15.5. The maximum absolute atomic E-state index is 13.9. The number of sulfone groups is 1. The number of H-pyrrole nitrogens is 1. The van der Waals surface area contributed by atoms with Crippen LogP contribution in [0.25, 0.3) is 10.9 Å². The van der Waals surface area contributed by atoms with E-state index in [1.165, 1.54) is 24.3 Å². The van der Waals surface area contributed by atoms with E-state index in [9.17, 15) is 22.0 Å². The predicted molar refractivity (Wildman–Crippen MR) is 113 cm³/mol. The molecule has 0 spiro atoms. The van der Waals surface area contributed by atoms with Gasteiger partial charge in [-0.3, -0.25) is 4.79 Å². The van der Waals surface area contributed by atoms with E-state index in [0.29, 0.717) is 5.52 Å². The van der Waals surface area contributed by atoms with E-state index in [2.05, 4.69) is 10.3 Å². The van der Waals surface area contributed by atoms with Gasteiger partial charge in [0.2, 0.25) is 9.84 Å². The Kier molecular flexibility index (Phi) is 5.51. The highest BCUT2D eigenvalue weighted by molar-refractivity contribution is 7.91. The zero-order chi connectivity index (χ0) is 22.2. The van der Waals surface area contributed by atoms with Crippen molar-refractivity contribution in [3.63, 3.8) is 0 Å². The third-order valence-corrected chi connectivity index (χ3v) is 6.84. The number of aromatic nitrogens is 1. The van der Waals surface area contributed by atoms with Gasteiger partial charge in [0.05, 0.1) is 4.90 Å². The maximum atomic E-state index is 13.9. The molecule has 2 N–H and O–H groups in total. The third kappa shape index (κ3) is 3.92. The monoisotopic (exact) mass is 460 g/mol. The standard InChI is InChI=1S/C22H15ClF2N2O3S/c23-13-9-10-19-15(11-13)21(31(29,30)14-5-2-1-3-6-14)20(27-19)22(28)26-12-16-17(24)7-4-8-18(16)25/h1-11,27H,12H2,(H,26,28). The molecule has 0 fully saturated rings. The van der Waals surface area contributed by atoms with Crippen LogP contribution in [0.4, 0.5) is 8.78 Å². The van der Waals surface area contributed by atoms with Crippen LogP contribution in [-0.2, 0) is 16.4 Å². The number of hydrogen-bond donors (Lipinski definition) is 2. The van der Waals surface area contributed by atoms with Crippen molar-refractivity contribution in [1.29, 1.82) is 0 Å². The van der Waals surface area contributed by atoms with Gasteiger partial charge in [0.15, 0.2) is 0 Å². The quantitative estimate of drug-likeness (QED) is 0.446. The Hall–Kier alpha value is -3.23. The molecule has 5 nitrogen and oxygen atoms in total. The number of carbonyl (C=O) groups excluding carboxylic acids is 1. The largest absolute Gasteiger partial charge is 0.349 e. The van der Waals surface area contributed by atoms with E-state index in [1.807, 2.05) is 0 Å². The lowest BCUT2D eigenvalue weighted by Gasteiger charge is -2.09. The molecule has 1 heterocycles. The summed E-state index contributed by atoms with van der Waals surface area (Å²) >= 11 is 6.06. The molecule has 1 amide bonds. The first-order chi connectivity index (χ1) is 14.8. The maximum Gasteiger partial charge on any atom is 0.269 e. The summed E-state index contributed by atoms with van der Waals surface area (Å²) in [7, 11) is -4.11. The van der Waals surface area contributed by atoms with Crippen LogP contribution >= 0.6 is 11.6 Å². The molecule has 0 unspecified atom stereocenters. The summed E-state index contributed by atoms with van der Waals surface area (Å²) < 4.78 is 54.5. The molecular weight excluding hydrogens is 446 g/mol. The summed E-state index contributed by atoms with van der Waals surface area (Å²) in [5, 5.41) is 2.91. The van der Waals surface area contributed by atoms with Crippen molar-refractivity contribution in [1.82, 2.24) is 10.3 Å². The van der Waals surface area contributed by atoms with E-state index in [0.717, 1.165) is 12.1 Å². The molecule has 0 saturated heterocycles. The Morgan fingerprint density at radius 1 is 0.968 bits per heavy atom. The van der Waals surface area contributed by atoms with Gasteiger partial charge in [0.1, 0.15) is 22.2 Å². The molecule has 0 aliphatic carbocycles. The van der Waals surface area contributed by atoms with Gasteiger partial charge < -0.3 is 10.3 Å². The van der Waals surface area contributed by atoms with E-state index in [1.54, 1.807) is 30.3 Å². The smallest absolute Gasteiger partial charge is 0.269 e. The minimum Gasteiger partial charge on any atom is -0.349 e. The second-order valence-corrected chi connectivity index (χ2v) is 9.04. The molecule has 0 bridgehead atoms. The number of benzene rings is 3. The zero-order valence-corrected chi connectivity index (χ0v) is 17.4. The molecule has 1 aromatic heterocycles. The topological polar surface area (TPSA) is 79.0 Å². The van der Waals surface area contributed by atoms with E-state index >= 15 is 0 Å². The van der Waals surface area contributed by atoms with Crippen LogP contribution in [-0.4, -0.2) is 19.3 Å². The highest BCUT2D eigenvalue weighted by Crippen LogP contribution is 2.33. The van der Waals surface area contributed by atoms with Gasteiger partial charge >= 0.3 is 0 Å². The van der Waals surface area contributed by atoms with Gasteiger partial charge in [-0.05, 0) is 42.5 Å². The fraction of sp³-hybridized carbons (Fsp3) is 0.0455. The van der Waals surface area contributed by atoms with Gasteiger partial charge in [-0.1, -0.05) is 35.9 Å². The number of halogens is 3. The van der Waals surface area contributed by atoms with Crippen LogP contribution in [0.5, 0.6) is 0 Å². The highest BCUT2D eigenvalue weighted by atomic mass is 35.5. The van der Waals surface area contributed by atoms with E-state index in [4.69, 9.17) is 11.6 Å². The van der Waals surface area contributed by atoms with Crippen LogP contribution in [0.2, 0.25) is 5.02 Å². The summed E-state index contributed by atoms with van der Waals surface area (Å²) in [4.78, 5) is 15.4. The number of nitrogens with one attached hydrogen (secondary N) is 2. The van der Waals surface area contributed by atoms with E-state index in [-0.39, 0.29) is 31.5 Å². The summed E-state index contributed by atoms with van der Waals surface area (Å²) in [6.07, 6.45) is 0. The molecular formula is C22H15ClF2N2O3S. The Labute approximate surface area is 181 Å². The van der Waals surface area contributed by atoms with Crippen LogP contribution in [0, 0.1) is 11.6 Å². The molecule has 0 saturated carbocycles. The average Bonchev–Trinajstić information content (AvgIpc) is 3.13. The van der Waals surface area contributed by atoms with Gasteiger partial charge in [-0.25, -0.2) is 17.2 Å². The number of rotatable bonds is 5. The summed E-state index contributed by atoms with van der Waals surface area (Å²) in [5.74, 6) is -2.47. The second-order valence-electron chi connectivity index (χ2n) is 6.72. The van der Waals surface area contributed by atoms with E-state index < -0.39 is 33.9 Å². The van der Waals surface area contributed by atoms with Crippen LogP contribution in [0.15, 0.2) is 76.5 Å². The molecule has 0 atom stereocenters. The predicted octanol–water partition coefficient (Wildman–Crippen LogP) is 4.86. The molecule has 31 heavy (non-hydrogen) atoms. The number of carbonyl (C=O) groups is 1. The van der Waals surface area contributed by atoms with Crippen molar-refractivity contribution in [3.05, 3.63) is 94.6 Å². The molecule has 0 radical (unpaired) electrons. The van der Waals surface area contributed by atoms with Crippen LogP contribution < -0.4 is 5.32 Å². The first-order valence-corrected chi connectivity index (χ1v) is 11.0.